The van der Waals surface area contributed by atoms with Crippen LogP contribution in [0.4, 0.5) is 0 Å². The minimum absolute atomic E-state index is 0.00519. The Morgan fingerprint density at radius 2 is 2.17 bits per heavy atom. The Kier molecular flexibility index (Phi) is 5.34. The van der Waals surface area contributed by atoms with Crippen molar-refractivity contribution in [3.63, 3.8) is 0 Å². The highest BCUT2D eigenvalue weighted by Crippen LogP contribution is 2.14. The molecule has 1 aromatic rings. The number of carbonyl (C=O) groups is 1. The van der Waals surface area contributed by atoms with Crippen molar-refractivity contribution in [3.05, 3.63) is 35.4 Å². The molecule has 0 aliphatic carbocycles. The van der Waals surface area contributed by atoms with Crippen LogP contribution < -0.4 is 0 Å². The Morgan fingerprint density at radius 1 is 1.50 bits per heavy atom. The Hall–Kier alpha value is -1.86. The molecule has 0 saturated heterocycles. The lowest BCUT2D eigenvalue weighted by molar-refractivity contribution is -0.139. The third kappa shape index (κ3) is 3.86. The van der Waals surface area contributed by atoms with Crippen LogP contribution in [-0.2, 0) is 11.3 Å². The predicted octanol–water partition coefficient (Wildman–Crippen LogP) is 2.24. The van der Waals surface area contributed by atoms with Gasteiger partial charge in [0.1, 0.15) is 0 Å². The van der Waals surface area contributed by atoms with E-state index in [9.17, 15) is 4.79 Å². The first-order valence-electron chi connectivity index (χ1n) is 6.02. The van der Waals surface area contributed by atoms with E-state index < -0.39 is 5.97 Å². The van der Waals surface area contributed by atoms with E-state index in [0.29, 0.717) is 12.1 Å². The third-order valence-corrected chi connectivity index (χ3v) is 3.06. The number of nitriles is 1. The average molecular weight is 246 g/mol. The molecule has 1 rings (SSSR count). The van der Waals surface area contributed by atoms with Gasteiger partial charge < -0.3 is 5.11 Å². The number of rotatable bonds is 6. The number of carboxylic acids is 1. The molecule has 18 heavy (non-hydrogen) atoms. The van der Waals surface area contributed by atoms with Gasteiger partial charge in [-0.2, -0.15) is 5.26 Å². The van der Waals surface area contributed by atoms with Crippen LogP contribution in [0.1, 0.15) is 31.4 Å². The normalized spacial score (nSPS) is 12.1. The van der Waals surface area contributed by atoms with Crippen LogP contribution in [0.5, 0.6) is 0 Å². The number of hydrogen-bond donors (Lipinski definition) is 1. The van der Waals surface area contributed by atoms with E-state index >= 15 is 0 Å². The number of aliphatic carboxylic acids is 1. The van der Waals surface area contributed by atoms with Crippen molar-refractivity contribution < 1.29 is 9.90 Å². The van der Waals surface area contributed by atoms with Gasteiger partial charge in [-0.25, -0.2) is 0 Å². The zero-order valence-electron chi connectivity index (χ0n) is 10.8. The average Bonchev–Trinajstić information content (AvgIpc) is 2.37. The van der Waals surface area contributed by atoms with Gasteiger partial charge in [-0.3, -0.25) is 9.69 Å². The Labute approximate surface area is 107 Å². The van der Waals surface area contributed by atoms with E-state index in [0.717, 1.165) is 12.0 Å². The van der Waals surface area contributed by atoms with E-state index in [4.69, 9.17) is 10.4 Å². The SMILES string of the molecule is CCC(C)N(CC(=O)O)Cc1ccccc1C#N. The summed E-state index contributed by atoms with van der Waals surface area (Å²) in [6, 6.07) is 9.62. The van der Waals surface area contributed by atoms with Gasteiger partial charge in [0, 0.05) is 12.6 Å². The lowest BCUT2D eigenvalue weighted by Gasteiger charge is -2.26. The second kappa shape index (κ2) is 6.77. The van der Waals surface area contributed by atoms with Crippen molar-refractivity contribution in [2.24, 2.45) is 0 Å². The Bertz CT molecular complexity index is 451. The van der Waals surface area contributed by atoms with Crippen molar-refractivity contribution in [2.45, 2.75) is 32.9 Å². The summed E-state index contributed by atoms with van der Waals surface area (Å²) >= 11 is 0. The summed E-state index contributed by atoms with van der Waals surface area (Å²) in [5.41, 5.74) is 1.48. The summed E-state index contributed by atoms with van der Waals surface area (Å²) in [6.45, 7) is 4.51. The quantitative estimate of drug-likeness (QED) is 0.836. The molecule has 0 heterocycles. The first-order chi connectivity index (χ1) is 8.58. The zero-order valence-corrected chi connectivity index (χ0v) is 10.8. The summed E-state index contributed by atoms with van der Waals surface area (Å²) < 4.78 is 0. The molecule has 0 spiro atoms. The van der Waals surface area contributed by atoms with E-state index in [2.05, 4.69) is 6.07 Å². The molecule has 1 unspecified atom stereocenters. The van der Waals surface area contributed by atoms with Gasteiger partial charge in [0.15, 0.2) is 0 Å². The predicted molar refractivity (Wildman–Crippen MR) is 69.0 cm³/mol. The molecule has 1 aromatic carbocycles. The Balaban J connectivity index is 2.89. The monoisotopic (exact) mass is 246 g/mol. The van der Waals surface area contributed by atoms with Crippen LogP contribution in [-0.4, -0.2) is 28.6 Å². The summed E-state index contributed by atoms with van der Waals surface area (Å²) in [5, 5.41) is 18.0. The molecule has 0 bridgehead atoms. The molecule has 0 aliphatic rings. The fourth-order valence-electron chi connectivity index (χ4n) is 1.79. The van der Waals surface area contributed by atoms with E-state index in [1.165, 1.54) is 0 Å². The second-order valence-electron chi connectivity index (χ2n) is 4.32. The van der Waals surface area contributed by atoms with Crippen LogP contribution in [0.3, 0.4) is 0 Å². The van der Waals surface area contributed by atoms with Crippen molar-refractivity contribution in [1.82, 2.24) is 4.90 Å². The molecule has 4 heteroatoms. The fourth-order valence-corrected chi connectivity index (χ4v) is 1.79. The van der Waals surface area contributed by atoms with Gasteiger partial charge in [-0.05, 0) is 25.0 Å². The number of benzene rings is 1. The van der Waals surface area contributed by atoms with Crippen LogP contribution in [0, 0.1) is 11.3 Å². The van der Waals surface area contributed by atoms with Crippen molar-refractivity contribution in [3.8, 4) is 6.07 Å². The summed E-state index contributed by atoms with van der Waals surface area (Å²) in [7, 11) is 0. The van der Waals surface area contributed by atoms with Gasteiger partial charge in [0.2, 0.25) is 0 Å². The van der Waals surface area contributed by atoms with Gasteiger partial charge in [-0.1, -0.05) is 25.1 Å². The van der Waals surface area contributed by atoms with Gasteiger partial charge >= 0.3 is 5.97 Å². The first kappa shape index (κ1) is 14.2. The molecule has 4 nitrogen and oxygen atoms in total. The van der Waals surface area contributed by atoms with Crippen LogP contribution in [0.15, 0.2) is 24.3 Å². The van der Waals surface area contributed by atoms with Crippen LogP contribution >= 0.6 is 0 Å². The van der Waals surface area contributed by atoms with Gasteiger partial charge in [-0.15, -0.1) is 0 Å². The molecule has 0 fully saturated rings. The fraction of sp³-hybridized carbons (Fsp3) is 0.429. The maximum atomic E-state index is 10.9. The molecule has 0 aromatic heterocycles. The molecule has 1 atom stereocenters. The molecular weight excluding hydrogens is 228 g/mol. The Morgan fingerprint density at radius 3 is 2.72 bits per heavy atom. The van der Waals surface area contributed by atoms with E-state index in [1.54, 1.807) is 6.07 Å². The summed E-state index contributed by atoms with van der Waals surface area (Å²) in [5.74, 6) is -0.843. The highest BCUT2D eigenvalue weighted by atomic mass is 16.4. The van der Waals surface area contributed by atoms with Crippen LogP contribution in [0.25, 0.3) is 0 Å². The zero-order chi connectivity index (χ0) is 13.5. The lowest BCUT2D eigenvalue weighted by atomic mass is 10.1. The maximum Gasteiger partial charge on any atom is 0.317 e. The lowest BCUT2D eigenvalue weighted by Crippen LogP contribution is -2.36. The smallest absolute Gasteiger partial charge is 0.317 e. The minimum Gasteiger partial charge on any atom is -0.480 e. The summed E-state index contributed by atoms with van der Waals surface area (Å²) in [4.78, 5) is 12.7. The number of carboxylic acid groups (broad SMARTS) is 1. The highest BCUT2D eigenvalue weighted by molar-refractivity contribution is 5.69. The molecular formula is C14H18N2O2. The molecule has 0 aliphatic heterocycles. The third-order valence-electron chi connectivity index (χ3n) is 3.06. The van der Waals surface area contributed by atoms with Crippen molar-refractivity contribution in [1.29, 1.82) is 5.26 Å². The number of nitrogens with zero attached hydrogens (tertiary/aromatic N) is 2. The van der Waals surface area contributed by atoms with Gasteiger partial charge in [0.25, 0.3) is 0 Å². The van der Waals surface area contributed by atoms with Crippen LogP contribution in [0.2, 0.25) is 0 Å². The topological polar surface area (TPSA) is 64.3 Å². The summed E-state index contributed by atoms with van der Waals surface area (Å²) in [6.07, 6.45) is 0.877. The first-order valence-corrected chi connectivity index (χ1v) is 6.02. The molecule has 0 radical (unpaired) electrons. The maximum absolute atomic E-state index is 10.9. The molecule has 96 valence electrons. The van der Waals surface area contributed by atoms with Crippen molar-refractivity contribution in [2.75, 3.05) is 6.54 Å². The van der Waals surface area contributed by atoms with E-state index in [1.807, 2.05) is 36.9 Å². The number of hydrogen-bond acceptors (Lipinski definition) is 3. The van der Waals surface area contributed by atoms with Gasteiger partial charge in [0.05, 0.1) is 18.2 Å². The van der Waals surface area contributed by atoms with E-state index in [-0.39, 0.29) is 12.6 Å². The molecule has 1 N–H and O–H groups in total. The second-order valence-corrected chi connectivity index (χ2v) is 4.32. The molecule has 0 amide bonds. The van der Waals surface area contributed by atoms with Crippen molar-refractivity contribution >= 4 is 5.97 Å². The highest BCUT2D eigenvalue weighted by Gasteiger charge is 2.17. The molecule has 0 saturated carbocycles. The minimum atomic E-state index is -0.843. The largest absolute Gasteiger partial charge is 0.480 e. The standard InChI is InChI=1S/C14H18N2O2/c1-3-11(2)16(10-14(17)18)9-13-7-5-4-6-12(13)8-15/h4-7,11H,3,9-10H2,1-2H3,(H,17,18).